The van der Waals surface area contributed by atoms with E-state index in [9.17, 15) is 4.79 Å². The van der Waals surface area contributed by atoms with Crippen molar-refractivity contribution in [2.24, 2.45) is 12.8 Å². The minimum absolute atomic E-state index is 0. The van der Waals surface area contributed by atoms with Crippen LogP contribution in [-0.4, -0.2) is 27.8 Å². The number of aromatic nitrogens is 2. The van der Waals surface area contributed by atoms with Gasteiger partial charge in [0.05, 0.1) is 11.8 Å². The SMILES string of the molecule is CCC(N)(CC)CNC(=O)c1cnn(C)c1C.Cl. The van der Waals surface area contributed by atoms with E-state index in [1.807, 2.05) is 27.8 Å². The molecule has 5 nitrogen and oxygen atoms in total. The van der Waals surface area contributed by atoms with Crippen LogP contribution in [0.5, 0.6) is 0 Å². The quantitative estimate of drug-likeness (QED) is 0.852. The first-order valence-electron chi connectivity index (χ1n) is 5.99. The number of carbonyl (C=O) groups excluding carboxylic acids is 1. The molecule has 0 aliphatic heterocycles. The van der Waals surface area contributed by atoms with Gasteiger partial charge in [-0.25, -0.2) is 0 Å². The first-order chi connectivity index (χ1) is 7.93. The normalized spacial score (nSPS) is 10.9. The number of hydrogen-bond acceptors (Lipinski definition) is 3. The molecule has 0 bridgehead atoms. The molecular formula is C12H23ClN4O. The molecule has 1 aromatic rings. The number of nitrogens with zero attached hydrogens (tertiary/aromatic N) is 2. The van der Waals surface area contributed by atoms with Gasteiger partial charge in [-0.2, -0.15) is 5.10 Å². The molecule has 0 fully saturated rings. The molecule has 1 heterocycles. The zero-order valence-corrected chi connectivity index (χ0v) is 12.3. The van der Waals surface area contributed by atoms with Gasteiger partial charge in [0.25, 0.3) is 5.91 Å². The van der Waals surface area contributed by atoms with E-state index in [1.165, 1.54) is 0 Å². The molecule has 0 spiro atoms. The summed E-state index contributed by atoms with van der Waals surface area (Å²) in [7, 11) is 1.82. The van der Waals surface area contributed by atoms with Gasteiger partial charge in [0.2, 0.25) is 0 Å². The molecule has 0 atom stereocenters. The lowest BCUT2D eigenvalue weighted by molar-refractivity contribution is 0.0941. The van der Waals surface area contributed by atoms with Crippen LogP contribution < -0.4 is 11.1 Å². The number of hydrogen-bond donors (Lipinski definition) is 2. The summed E-state index contributed by atoms with van der Waals surface area (Å²) in [5, 5.41) is 6.92. The Labute approximate surface area is 115 Å². The van der Waals surface area contributed by atoms with Crippen molar-refractivity contribution in [1.29, 1.82) is 0 Å². The molecule has 18 heavy (non-hydrogen) atoms. The van der Waals surface area contributed by atoms with Crippen molar-refractivity contribution >= 4 is 18.3 Å². The lowest BCUT2D eigenvalue weighted by atomic mass is 9.94. The fourth-order valence-corrected chi connectivity index (χ4v) is 1.57. The molecule has 6 heteroatoms. The molecule has 1 rings (SSSR count). The lowest BCUT2D eigenvalue weighted by Crippen LogP contribution is -2.49. The van der Waals surface area contributed by atoms with E-state index >= 15 is 0 Å². The molecule has 1 amide bonds. The Morgan fingerprint density at radius 3 is 2.44 bits per heavy atom. The molecule has 0 saturated heterocycles. The van der Waals surface area contributed by atoms with Crippen LogP contribution in [0.1, 0.15) is 42.7 Å². The summed E-state index contributed by atoms with van der Waals surface area (Å²) in [5.41, 5.74) is 7.29. The van der Waals surface area contributed by atoms with Crippen LogP contribution in [0, 0.1) is 6.92 Å². The third kappa shape index (κ3) is 3.71. The summed E-state index contributed by atoms with van der Waals surface area (Å²) in [6, 6.07) is 0. The Morgan fingerprint density at radius 1 is 1.50 bits per heavy atom. The Balaban J connectivity index is 0.00000289. The molecule has 0 aromatic carbocycles. The lowest BCUT2D eigenvalue weighted by Gasteiger charge is -2.26. The highest BCUT2D eigenvalue weighted by Gasteiger charge is 2.22. The molecule has 0 aliphatic carbocycles. The minimum Gasteiger partial charge on any atom is -0.350 e. The number of aryl methyl sites for hydroxylation is 1. The van der Waals surface area contributed by atoms with Gasteiger partial charge in [0, 0.05) is 24.8 Å². The molecule has 3 N–H and O–H groups in total. The maximum absolute atomic E-state index is 11.9. The Bertz CT molecular complexity index is 399. The largest absolute Gasteiger partial charge is 0.350 e. The van der Waals surface area contributed by atoms with E-state index in [4.69, 9.17) is 5.73 Å². The highest BCUT2D eigenvalue weighted by molar-refractivity contribution is 5.95. The fourth-order valence-electron chi connectivity index (χ4n) is 1.57. The van der Waals surface area contributed by atoms with Gasteiger partial charge in [-0.05, 0) is 19.8 Å². The van der Waals surface area contributed by atoms with Crippen LogP contribution >= 0.6 is 12.4 Å². The average Bonchev–Trinajstić information content (AvgIpc) is 2.67. The summed E-state index contributed by atoms with van der Waals surface area (Å²) in [4.78, 5) is 11.9. The van der Waals surface area contributed by atoms with Crippen LogP contribution in [0.4, 0.5) is 0 Å². The standard InChI is InChI=1S/C12H22N4O.ClH/c1-5-12(13,6-2)8-14-11(17)10-7-15-16(4)9(10)3;/h7H,5-6,8,13H2,1-4H3,(H,14,17);1H. The molecule has 0 saturated carbocycles. The molecule has 1 aromatic heterocycles. The van der Waals surface area contributed by atoms with Crippen molar-refractivity contribution in [3.63, 3.8) is 0 Å². The molecule has 0 aliphatic rings. The number of carbonyl (C=O) groups is 1. The van der Waals surface area contributed by atoms with Crippen molar-refractivity contribution < 1.29 is 4.79 Å². The third-order valence-corrected chi connectivity index (χ3v) is 3.49. The van der Waals surface area contributed by atoms with E-state index in [2.05, 4.69) is 10.4 Å². The summed E-state index contributed by atoms with van der Waals surface area (Å²) in [5.74, 6) is -0.104. The van der Waals surface area contributed by atoms with E-state index < -0.39 is 0 Å². The van der Waals surface area contributed by atoms with E-state index in [1.54, 1.807) is 10.9 Å². The van der Waals surface area contributed by atoms with Crippen LogP contribution in [0.15, 0.2) is 6.20 Å². The van der Waals surface area contributed by atoms with Crippen LogP contribution in [-0.2, 0) is 7.05 Å². The fraction of sp³-hybridized carbons (Fsp3) is 0.667. The summed E-state index contributed by atoms with van der Waals surface area (Å²) in [6.45, 7) is 6.43. The zero-order chi connectivity index (χ0) is 13.1. The third-order valence-electron chi connectivity index (χ3n) is 3.49. The first-order valence-corrected chi connectivity index (χ1v) is 5.99. The second-order valence-electron chi connectivity index (χ2n) is 4.52. The maximum Gasteiger partial charge on any atom is 0.254 e. The van der Waals surface area contributed by atoms with E-state index in [-0.39, 0.29) is 23.9 Å². The van der Waals surface area contributed by atoms with Gasteiger partial charge in [0.15, 0.2) is 0 Å². The predicted molar refractivity (Wildman–Crippen MR) is 75.0 cm³/mol. The minimum atomic E-state index is -0.314. The number of rotatable bonds is 5. The summed E-state index contributed by atoms with van der Waals surface area (Å²) < 4.78 is 1.68. The van der Waals surface area contributed by atoms with Crippen LogP contribution in [0.25, 0.3) is 0 Å². The first kappa shape index (κ1) is 16.9. The number of nitrogens with one attached hydrogen (secondary N) is 1. The van der Waals surface area contributed by atoms with Gasteiger partial charge in [-0.1, -0.05) is 13.8 Å². The summed E-state index contributed by atoms with van der Waals surface area (Å²) >= 11 is 0. The van der Waals surface area contributed by atoms with Gasteiger partial charge < -0.3 is 11.1 Å². The van der Waals surface area contributed by atoms with E-state index in [0.29, 0.717) is 12.1 Å². The number of nitrogens with two attached hydrogens (primary N) is 1. The van der Waals surface area contributed by atoms with Gasteiger partial charge >= 0.3 is 0 Å². The van der Waals surface area contributed by atoms with Gasteiger partial charge in [0.1, 0.15) is 0 Å². The Hall–Kier alpha value is -1.07. The predicted octanol–water partition coefficient (Wildman–Crippen LogP) is 1.40. The number of halogens is 1. The highest BCUT2D eigenvalue weighted by atomic mass is 35.5. The zero-order valence-electron chi connectivity index (χ0n) is 11.5. The maximum atomic E-state index is 11.9. The number of amides is 1. The highest BCUT2D eigenvalue weighted by Crippen LogP contribution is 2.10. The van der Waals surface area contributed by atoms with Crippen molar-refractivity contribution in [1.82, 2.24) is 15.1 Å². The van der Waals surface area contributed by atoms with Gasteiger partial charge in [-0.3, -0.25) is 9.48 Å². The Kier molecular flexibility index (Phi) is 6.35. The van der Waals surface area contributed by atoms with Crippen molar-refractivity contribution in [3.05, 3.63) is 17.5 Å². The molecular weight excluding hydrogens is 252 g/mol. The average molecular weight is 275 g/mol. The topological polar surface area (TPSA) is 72.9 Å². The second kappa shape index (κ2) is 6.75. The second-order valence-corrected chi connectivity index (χ2v) is 4.52. The van der Waals surface area contributed by atoms with Crippen LogP contribution in [0.3, 0.4) is 0 Å². The Morgan fingerprint density at radius 2 is 2.06 bits per heavy atom. The van der Waals surface area contributed by atoms with Crippen molar-refractivity contribution in [3.8, 4) is 0 Å². The smallest absolute Gasteiger partial charge is 0.254 e. The van der Waals surface area contributed by atoms with Crippen LogP contribution in [0.2, 0.25) is 0 Å². The molecule has 0 unspecified atom stereocenters. The van der Waals surface area contributed by atoms with Gasteiger partial charge in [-0.15, -0.1) is 12.4 Å². The van der Waals surface area contributed by atoms with Crippen molar-refractivity contribution in [2.75, 3.05) is 6.54 Å². The monoisotopic (exact) mass is 274 g/mol. The summed E-state index contributed by atoms with van der Waals surface area (Å²) in [6.07, 6.45) is 3.27. The molecule has 0 radical (unpaired) electrons. The molecule has 104 valence electrons. The van der Waals surface area contributed by atoms with Crippen molar-refractivity contribution in [2.45, 2.75) is 39.2 Å². The van der Waals surface area contributed by atoms with E-state index in [0.717, 1.165) is 18.5 Å².